The lowest BCUT2D eigenvalue weighted by molar-refractivity contribution is -0.386. The molecule has 29 heavy (non-hydrogen) atoms. The van der Waals surface area contributed by atoms with Crippen molar-refractivity contribution in [3.8, 4) is 5.75 Å². The van der Waals surface area contributed by atoms with E-state index in [1.807, 2.05) is 0 Å². The monoisotopic (exact) mass is 411 g/mol. The van der Waals surface area contributed by atoms with Gasteiger partial charge in [-0.25, -0.2) is 9.18 Å². The number of nitro benzene ring substituents is 1. The van der Waals surface area contributed by atoms with Gasteiger partial charge in [-0.2, -0.15) is 4.39 Å². The second kappa shape index (κ2) is 6.93. The van der Waals surface area contributed by atoms with Gasteiger partial charge in [-0.1, -0.05) is 0 Å². The highest BCUT2D eigenvalue weighted by Gasteiger charge is 2.53. The molecule has 0 unspecified atom stereocenters. The summed E-state index contributed by atoms with van der Waals surface area (Å²) in [6.07, 6.45) is 3.01. The zero-order valence-electron chi connectivity index (χ0n) is 15.4. The summed E-state index contributed by atoms with van der Waals surface area (Å²) in [6.45, 7) is 0. The molecular weight excluding hydrogens is 392 g/mol. The molecular formula is C19H19F2NO7. The molecule has 0 amide bonds. The van der Waals surface area contributed by atoms with Crippen LogP contribution in [-0.2, 0) is 16.0 Å². The smallest absolute Gasteiger partial charge is 0.481 e. The molecule has 4 bridgehead atoms. The number of carboxylic acids is 1. The van der Waals surface area contributed by atoms with Gasteiger partial charge in [0.2, 0.25) is 11.6 Å². The van der Waals surface area contributed by atoms with Gasteiger partial charge in [0.15, 0.2) is 5.82 Å². The number of carbonyl (C=O) groups excluding carboxylic acids is 1. The van der Waals surface area contributed by atoms with Gasteiger partial charge in [0.25, 0.3) is 0 Å². The van der Waals surface area contributed by atoms with Gasteiger partial charge in [0.1, 0.15) is 5.60 Å². The average molecular weight is 411 g/mol. The van der Waals surface area contributed by atoms with Crippen molar-refractivity contribution in [2.45, 2.75) is 50.5 Å². The molecule has 4 aliphatic rings. The van der Waals surface area contributed by atoms with Crippen molar-refractivity contribution in [2.75, 3.05) is 0 Å². The van der Waals surface area contributed by atoms with E-state index in [0.29, 0.717) is 43.1 Å². The van der Waals surface area contributed by atoms with Crippen LogP contribution in [0.4, 0.5) is 19.3 Å². The summed E-state index contributed by atoms with van der Waals surface area (Å²) in [7, 11) is 0. The van der Waals surface area contributed by atoms with Crippen LogP contribution >= 0.6 is 0 Å². The van der Waals surface area contributed by atoms with Crippen molar-refractivity contribution in [3.63, 3.8) is 0 Å². The Morgan fingerprint density at radius 2 is 1.69 bits per heavy atom. The van der Waals surface area contributed by atoms with Crippen LogP contribution in [-0.4, -0.2) is 27.8 Å². The number of halogens is 2. The molecule has 1 N–H and O–H groups in total. The average Bonchev–Trinajstić information content (AvgIpc) is 2.59. The van der Waals surface area contributed by atoms with E-state index in [-0.39, 0.29) is 0 Å². The summed E-state index contributed by atoms with van der Waals surface area (Å²) in [5, 5.41) is 20.0. The number of ether oxygens (including phenoxy) is 2. The fourth-order valence-electron chi connectivity index (χ4n) is 5.61. The summed E-state index contributed by atoms with van der Waals surface area (Å²) < 4.78 is 38.8. The number of nitrogens with zero attached hydrogens (tertiary/aromatic N) is 1. The maximum atomic E-state index is 14.4. The molecule has 0 aromatic heterocycles. The summed E-state index contributed by atoms with van der Waals surface area (Å²) in [4.78, 5) is 33.3. The fourth-order valence-corrected chi connectivity index (χ4v) is 5.61. The number of aliphatic carboxylic acids is 1. The molecule has 1 aromatic rings. The van der Waals surface area contributed by atoms with Crippen LogP contribution in [0.5, 0.6) is 5.75 Å². The van der Waals surface area contributed by atoms with E-state index in [2.05, 4.69) is 0 Å². The van der Waals surface area contributed by atoms with Crippen molar-refractivity contribution in [1.29, 1.82) is 0 Å². The van der Waals surface area contributed by atoms with Crippen LogP contribution in [0, 0.1) is 39.5 Å². The predicted molar refractivity (Wildman–Crippen MR) is 92.4 cm³/mol. The molecule has 4 aliphatic carbocycles. The second-order valence-electron chi connectivity index (χ2n) is 8.39. The van der Waals surface area contributed by atoms with Crippen LogP contribution in [0.1, 0.15) is 44.1 Å². The SMILES string of the molecule is O=C(O)Cc1cc([N+](=O)[O-])c(OC(=O)OC23CC4CC(CC(C4)C2)C3)c(F)c1F. The molecule has 0 spiro atoms. The van der Waals surface area contributed by atoms with Crippen LogP contribution in [0.25, 0.3) is 0 Å². The van der Waals surface area contributed by atoms with E-state index in [1.165, 1.54) is 0 Å². The number of hydrogen-bond acceptors (Lipinski definition) is 6. The first-order valence-corrected chi connectivity index (χ1v) is 9.43. The van der Waals surface area contributed by atoms with Crippen molar-refractivity contribution in [1.82, 2.24) is 0 Å². The van der Waals surface area contributed by atoms with Crippen LogP contribution in [0.15, 0.2) is 6.07 Å². The Morgan fingerprint density at radius 3 is 2.17 bits per heavy atom. The van der Waals surface area contributed by atoms with Crippen molar-refractivity contribution in [3.05, 3.63) is 33.4 Å². The quantitative estimate of drug-likeness (QED) is 0.337. The Balaban J connectivity index is 1.57. The summed E-state index contributed by atoms with van der Waals surface area (Å²) in [5.74, 6) is -4.76. The minimum absolute atomic E-state index is 0.452. The van der Waals surface area contributed by atoms with Crippen molar-refractivity contribution >= 4 is 17.8 Å². The number of carboxylic acid groups (broad SMARTS) is 1. The third kappa shape index (κ3) is 3.63. The fraction of sp³-hybridized carbons (Fsp3) is 0.579. The van der Waals surface area contributed by atoms with Gasteiger partial charge < -0.3 is 14.6 Å². The standard InChI is InChI=1S/C19H19F2NO7/c20-15-12(5-14(23)24)4-13(22(26)27)17(16(15)21)28-18(25)29-19-6-9-1-10(7-19)3-11(2-9)8-19/h4,9-11H,1-3,5-8H2,(H,23,24). The second-order valence-corrected chi connectivity index (χ2v) is 8.39. The highest BCUT2D eigenvalue weighted by atomic mass is 19.2. The number of rotatable bonds is 5. The molecule has 0 aliphatic heterocycles. The summed E-state index contributed by atoms with van der Waals surface area (Å²) >= 11 is 0. The Hall–Kier alpha value is -2.78. The number of nitro groups is 1. The number of hydrogen-bond donors (Lipinski definition) is 1. The van der Waals surface area contributed by atoms with Gasteiger partial charge in [-0.3, -0.25) is 14.9 Å². The minimum atomic E-state index is -1.79. The lowest BCUT2D eigenvalue weighted by atomic mass is 9.54. The zero-order chi connectivity index (χ0) is 20.9. The highest BCUT2D eigenvalue weighted by Crippen LogP contribution is 2.57. The molecule has 4 saturated carbocycles. The molecule has 1 aromatic carbocycles. The van der Waals surface area contributed by atoms with E-state index in [9.17, 15) is 28.5 Å². The molecule has 8 nitrogen and oxygen atoms in total. The van der Waals surface area contributed by atoms with Crippen molar-refractivity contribution in [2.24, 2.45) is 17.8 Å². The van der Waals surface area contributed by atoms with E-state index in [0.717, 1.165) is 19.3 Å². The Labute approximate surface area is 163 Å². The van der Waals surface area contributed by atoms with Gasteiger partial charge >= 0.3 is 17.8 Å². The molecule has 4 fully saturated rings. The van der Waals surface area contributed by atoms with E-state index in [1.54, 1.807) is 0 Å². The zero-order valence-corrected chi connectivity index (χ0v) is 15.4. The predicted octanol–water partition coefficient (Wildman–Crippen LogP) is 3.98. The van der Waals surface area contributed by atoms with E-state index < -0.39 is 57.7 Å². The first-order chi connectivity index (χ1) is 13.7. The van der Waals surface area contributed by atoms with Crippen LogP contribution in [0.2, 0.25) is 0 Å². The molecule has 0 radical (unpaired) electrons. The van der Waals surface area contributed by atoms with Crippen molar-refractivity contribution < 1.29 is 37.9 Å². The minimum Gasteiger partial charge on any atom is -0.481 e. The van der Waals surface area contributed by atoms with Gasteiger partial charge in [0.05, 0.1) is 11.3 Å². The van der Waals surface area contributed by atoms with Gasteiger partial charge in [-0.05, 0) is 56.3 Å². The molecule has 0 saturated heterocycles. The maximum Gasteiger partial charge on any atom is 0.514 e. The Bertz CT molecular complexity index is 866. The van der Waals surface area contributed by atoms with E-state index >= 15 is 0 Å². The molecule has 0 heterocycles. The third-order valence-corrected chi connectivity index (χ3v) is 6.22. The summed E-state index contributed by atoms with van der Waals surface area (Å²) in [6, 6.07) is 0.555. The normalized spacial score (nSPS) is 29.5. The first kappa shape index (κ1) is 19.5. The lowest BCUT2D eigenvalue weighted by Gasteiger charge is -2.55. The van der Waals surface area contributed by atoms with Crippen LogP contribution < -0.4 is 4.74 Å². The Kier molecular flexibility index (Phi) is 4.66. The maximum absolute atomic E-state index is 14.4. The molecule has 10 heteroatoms. The molecule has 0 atom stereocenters. The van der Waals surface area contributed by atoms with Crippen LogP contribution in [0.3, 0.4) is 0 Å². The van der Waals surface area contributed by atoms with Gasteiger partial charge in [0, 0.05) is 11.6 Å². The lowest BCUT2D eigenvalue weighted by Crippen LogP contribution is -2.53. The third-order valence-electron chi connectivity index (χ3n) is 6.22. The number of benzene rings is 1. The largest absolute Gasteiger partial charge is 0.514 e. The molecule has 5 rings (SSSR count). The highest BCUT2D eigenvalue weighted by molar-refractivity contribution is 5.72. The van der Waals surface area contributed by atoms with E-state index in [4.69, 9.17) is 14.6 Å². The summed E-state index contributed by atoms with van der Waals surface area (Å²) in [5.41, 5.74) is -2.48. The molecule has 156 valence electrons. The Morgan fingerprint density at radius 1 is 1.14 bits per heavy atom. The first-order valence-electron chi connectivity index (χ1n) is 9.43. The van der Waals surface area contributed by atoms with Gasteiger partial charge in [-0.15, -0.1) is 0 Å². The number of carbonyl (C=O) groups is 2. The topological polar surface area (TPSA) is 116 Å².